The van der Waals surface area contributed by atoms with Crippen molar-refractivity contribution >= 4 is 0 Å². The molecule has 1 N–H and O–H groups in total. The number of nitrogens with one attached hydrogen (secondary N) is 1. The summed E-state index contributed by atoms with van der Waals surface area (Å²) >= 11 is 0. The van der Waals surface area contributed by atoms with Crippen molar-refractivity contribution < 1.29 is 4.74 Å². The summed E-state index contributed by atoms with van der Waals surface area (Å²) in [4.78, 5) is 0. The highest BCUT2D eigenvalue weighted by atomic mass is 16.5. The van der Waals surface area contributed by atoms with Crippen LogP contribution in [-0.4, -0.2) is 25.8 Å². The summed E-state index contributed by atoms with van der Waals surface area (Å²) in [5.41, 5.74) is 0. The van der Waals surface area contributed by atoms with E-state index < -0.39 is 0 Å². The molecule has 0 aliphatic carbocycles. The van der Waals surface area contributed by atoms with Crippen LogP contribution in [0.4, 0.5) is 0 Å². The lowest BCUT2D eigenvalue weighted by atomic mass is 10.2. The molecule has 0 aromatic rings. The molecule has 1 unspecified atom stereocenters. The molecule has 0 rings (SSSR count). The van der Waals surface area contributed by atoms with Gasteiger partial charge < -0.3 is 10.1 Å². The maximum atomic E-state index is 8.52. The molecular formula is C8H16N2O. The lowest BCUT2D eigenvalue weighted by Gasteiger charge is -2.09. The minimum absolute atomic E-state index is 0.0752. The number of rotatable bonds is 5. The molecule has 0 fully saturated rings. The lowest BCUT2D eigenvalue weighted by molar-refractivity contribution is 0.0746. The van der Waals surface area contributed by atoms with Crippen LogP contribution in [0.15, 0.2) is 0 Å². The Labute approximate surface area is 68.3 Å². The molecule has 11 heavy (non-hydrogen) atoms. The molecule has 64 valence electrons. The highest BCUT2D eigenvalue weighted by Gasteiger charge is 2.03. The second-order valence-electron chi connectivity index (χ2n) is 2.68. The van der Waals surface area contributed by atoms with Crippen molar-refractivity contribution in [3.63, 3.8) is 0 Å². The van der Waals surface area contributed by atoms with Gasteiger partial charge in [-0.25, -0.2) is 0 Å². The summed E-state index contributed by atoms with van der Waals surface area (Å²) in [5, 5.41) is 11.4. The Morgan fingerprint density at radius 2 is 2.18 bits per heavy atom. The molecule has 0 radical (unpaired) electrons. The number of hydrogen-bond donors (Lipinski definition) is 1. The zero-order chi connectivity index (χ0) is 8.69. The van der Waals surface area contributed by atoms with Crippen molar-refractivity contribution in [2.75, 3.05) is 13.7 Å². The third-order valence-electron chi connectivity index (χ3n) is 1.36. The maximum absolute atomic E-state index is 8.52. The standard InChI is InChI=1S/C8H16N2O/c1-7(2)11-5-4-8(6-9)10-3/h7-8,10H,4-5H2,1-3H3. The van der Waals surface area contributed by atoms with Gasteiger partial charge >= 0.3 is 0 Å². The molecule has 0 amide bonds. The fourth-order valence-electron chi connectivity index (χ4n) is 0.695. The van der Waals surface area contributed by atoms with Gasteiger partial charge in [-0.05, 0) is 27.3 Å². The second kappa shape index (κ2) is 6.14. The van der Waals surface area contributed by atoms with E-state index in [4.69, 9.17) is 10.00 Å². The van der Waals surface area contributed by atoms with Crippen LogP contribution in [0, 0.1) is 11.3 Å². The zero-order valence-electron chi connectivity index (χ0n) is 7.42. The Hall–Kier alpha value is -0.590. The Bertz CT molecular complexity index is 129. The van der Waals surface area contributed by atoms with E-state index in [-0.39, 0.29) is 12.1 Å². The van der Waals surface area contributed by atoms with Gasteiger partial charge in [-0.1, -0.05) is 0 Å². The minimum Gasteiger partial charge on any atom is -0.379 e. The van der Waals surface area contributed by atoms with E-state index >= 15 is 0 Å². The topological polar surface area (TPSA) is 45.0 Å². The summed E-state index contributed by atoms with van der Waals surface area (Å²) in [7, 11) is 1.78. The third-order valence-corrected chi connectivity index (χ3v) is 1.36. The van der Waals surface area contributed by atoms with Crippen molar-refractivity contribution in [1.82, 2.24) is 5.32 Å². The van der Waals surface area contributed by atoms with Gasteiger partial charge in [0.05, 0.1) is 18.2 Å². The molecule has 0 aliphatic heterocycles. The number of hydrogen-bond acceptors (Lipinski definition) is 3. The van der Waals surface area contributed by atoms with Crippen LogP contribution in [0.5, 0.6) is 0 Å². The molecule has 3 nitrogen and oxygen atoms in total. The van der Waals surface area contributed by atoms with Gasteiger partial charge in [0.15, 0.2) is 0 Å². The predicted molar refractivity (Wildman–Crippen MR) is 44.2 cm³/mol. The van der Waals surface area contributed by atoms with Crippen molar-refractivity contribution in [2.24, 2.45) is 0 Å². The van der Waals surface area contributed by atoms with E-state index in [0.29, 0.717) is 6.61 Å². The molecule has 0 saturated carbocycles. The van der Waals surface area contributed by atoms with E-state index in [1.807, 2.05) is 13.8 Å². The minimum atomic E-state index is -0.0752. The van der Waals surface area contributed by atoms with Crippen LogP contribution in [0.2, 0.25) is 0 Å². The Balaban J connectivity index is 3.30. The molecule has 1 atom stereocenters. The summed E-state index contributed by atoms with van der Waals surface area (Å²) < 4.78 is 5.28. The van der Waals surface area contributed by atoms with Crippen LogP contribution in [-0.2, 0) is 4.74 Å². The van der Waals surface area contributed by atoms with Crippen molar-refractivity contribution in [3.8, 4) is 6.07 Å². The van der Waals surface area contributed by atoms with Gasteiger partial charge in [-0.15, -0.1) is 0 Å². The summed E-state index contributed by atoms with van der Waals surface area (Å²) in [6, 6.07) is 2.06. The molecule has 0 bridgehead atoms. The van der Waals surface area contributed by atoms with E-state index in [0.717, 1.165) is 6.42 Å². The normalized spacial score (nSPS) is 13.0. The highest BCUT2D eigenvalue weighted by Crippen LogP contribution is 1.93. The Morgan fingerprint density at radius 3 is 2.55 bits per heavy atom. The molecule has 0 aromatic heterocycles. The smallest absolute Gasteiger partial charge is 0.0972 e. The second-order valence-corrected chi connectivity index (χ2v) is 2.68. The fraction of sp³-hybridized carbons (Fsp3) is 0.875. The first-order chi connectivity index (χ1) is 5.20. The van der Waals surface area contributed by atoms with E-state index in [1.54, 1.807) is 7.05 Å². The number of ether oxygens (including phenoxy) is 1. The molecule has 0 saturated heterocycles. The van der Waals surface area contributed by atoms with Crippen LogP contribution < -0.4 is 5.32 Å². The van der Waals surface area contributed by atoms with Gasteiger partial charge in [0, 0.05) is 6.61 Å². The predicted octanol–water partition coefficient (Wildman–Crippen LogP) is 0.913. The third kappa shape index (κ3) is 5.84. The van der Waals surface area contributed by atoms with Crippen LogP contribution in [0.1, 0.15) is 20.3 Å². The lowest BCUT2D eigenvalue weighted by Crippen LogP contribution is -2.25. The quantitative estimate of drug-likeness (QED) is 0.643. The van der Waals surface area contributed by atoms with E-state index in [1.165, 1.54) is 0 Å². The summed E-state index contributed by atoms with van der Waals surface area (Å²) in [5.74, 6) is 0. The zero-order valence-corrected chi connectivity index (χ0v) is 7.42. The first kappa shape index (κ1) is 10.4. The molecule has 3 heteroatoms. The number of nitriles is 1. The summed E-state index contributed by atoms with van der Waals surface area (Å²) in [6.45, 7) is 4.62. The van der Waals surface area contributed by atoms with Gasteiger partial charge in [0.2, 0.25) is 0 Å². The number of nitrogens with zero attached hydrogens (tertiary/aromatic N) is 1. The SMILES string of the molecule is CNC(C#N)CCOC(C)C. The fourth-order valence-corrected chi connectivity index (χ4v) is 0.695. The Morgan fingerprint density at radius 1 is 1.55 bits per heavy atom. The first-order valence-corrected chi connectivity index (χ1v) is 3.89. The molecule has 0 aromatic carbocycles. The largest absolute Gasteiger partial charge is 0.379 e. The molecule has 0 heterocycles. The first-order valence-electron chi connectivity index (χ1n) is 3.89. The molecular weight excluding hydrogens is 140 g/mol. The van der Waals surface area contributed by atoms with Crippen molar-refractivity contribution in [1.29, 1.82) is 5.26 Å². The van der Waals surface area contributed by atoms with Crippen LogP contribution >= 0.6 is 0 Å². The molecule has 0 spiro atoms. The van der Waals surface area contributed by atoms with Crippen molar-refractivity contribution in [3.05, 3.63) is 0 Å². The van der Waals surface area contributed by atoms with Crippen molar-refractivity contribution in [2.45, 2.75) is 32.4 Å². The Kier molecular flexibility index (Phi) is 5.81. The van der Waals surface area contributed by atoms with E-state index in [2.05, 4.69) is 11.4 Å². The average Bonchev–Trinajstić information content (AvgIpc) is 1.98. The monoisotopic (exact) mass is 156 g/mol. The molecule has 0 aliphatic rings. The van der Waals surface area contributed by atoms with Gasteiger partial charge in [-0.2, -0.15) is 5.26 Å². The van der Waals surface area contributed by atoms with Gasteiger partial charge in [0.1, 0.15) is 0 Å². The average molecular weight is 156 g/mol. The highest BCUT2D eigenvalue weighted by molar-refractivity contribution is 4.87. The van der Waals surface area contributed by atoms with Crippen LogP contribution in [0.3, 0.4) is 0 Å². The summed E-state index contributed by atoms with van der Waals surface area (Å²) in [6.07, 6.45) is 1.01. The van der Waals surface area contributed by atoms with Crippen LogP contribution in [0.25, 0.3) is 0 Å². The maximum Gasteiger partial charge on any atom is 0.0972 e. The van der Waals surface area contributed by atoms with E-state index in [9.17, 15) is 0 Å². The van der Waals surface area contributed by atoms with Gasteiger partial charge in [-0.3, -0.25) is 0 Å². The van der Waals surface area contributed by atoms with Gasteiger partial charge in [0.25, 0.3) is 0 Å².